The van der Waals surface area contributed by atoms with E-state index in [4.69, 9.17) is 32.7 Å². The van der Waals surface area contributed by atoms with Crippen molar-refractivity contribution in [2.45, 2.75) is 13.0 Å². The minimum Gasteiger partial charge on any atom is -0.494 e. The molecule has 2 aromatic heterocycles. The monoisotopic (exact) mass is 526 g/mol. The normalized spacial score (nSPS) is 10.6. The molecule has 2 heterocycles. The second-order valence-corrected chi connectivity index (χ2v) is 8.69. The molecular weight excluding hydrogens is 507 g/mol. The molecule has 33 heavy (non-hydrogen) atoms. The summed E-state index contributed by atoms with van der Waals surface area (Å²) in [5, 5.41) is 1.71. The minimum absolute atomic E-state index is 0. The number of benzene rings is 2. The summed E-state index contributed by atoms with van der Waals surface area (Å²) in [6, 6.07) is 10.4. The number of carbonyl (C=O) groups excluding carboxylic acids is 1. The Labute approximate surface area is 211 Å². The first kappa shape index (κ1) is 25.1. The SMILES string of the molecule is COc1ccc(Cl)c2sc(N(CCCn3ccnc3)C(=O)COc3ccc(Cl)cc3)nc12.Cl. The zero-order valence-electron chi connectivity index (χ0n) is 17.6. The molecule has 4 rings (SSSR count). The topological polar surface area (TPSA) is 69.5 Å². The van der Waals surface area contributed by atoms with E-state index in [1.54, 1.807) is 60.9 Å². The molecule has 0 fully saturated rings. The molecule has 0 spiro atoms. The van der Waals surface area contributed by atoms with Crippen molar-refractivity contribution >= 4 is 68.2 Å². The van der Waals surface area contributed by atoms with Gasteiger partial charge < -0.3 is 14.0 Å². The van der Waals surface area contributed by atoms with E-state index in [9.17, 15) is 4.79 Å². The second-order valence-electron chi connectivity index (χ2n) is 6.87. The van der Waals surface area contributed by atoms with Gasteiger partial charge in [-0.05, 0) is 42.8 Å². The molecule has 0 aliphatic heterocycles. The van der Waals surface area contributed by atoms with Gasteiger partial charge in [0.15, 0.2) is 11.7 Å². The second kappa shape index (κ2) is 11.6. The lowest BCUT2D eigenvalue weighted by molar-refractivity contribution is -0.120. The molecule has 0 radical (unpaired) electrons. The van der Waals surface area contributed by atoms with Crippen molar-refractivity contribution in [1.29, 1.82) is 0 Å². The van der Waals surface area contributed by atoms with E-state index in [1.807, 2.05) is 10.8 Å². The molecule has 0 aliphatic rings. The van der Waals surface area contributed by atoms with Gasteiger partial charge in [0.1, 0.15) is 17.0 Å². The zero-order chi connectivity index (χ0) is 22.5. The molecule has 174 valence electrons. The highest BCUT2D eigenvalue weighted by Crippen LogP contribution is 2.38. The van der Waals surface area contributed by atoms with Gasteiger partial charge in [0.05, 0.1) is 23.2 Å². The largest absolute Gasteiger partial charge is 0.494 e. The maximum absolute atomic E-state index is 13.2. The molecular formula is C22H21Cl3N4O3S. The Morgan fingerprint density at radius 2 is 1.97 bits per heavy atom. The third kappa shape index (κ3) is 6.09. The van der Waals surface area contributed by atoms with Gasteiger partial charge in [0.25, 0.3) is 5.91 Å². The third-order valence-corrected chi connectivity index (χ3v) is 6.52. The number of ether oxygens (including phenoxy) is 2. The van der Waals surface area contributed by atoms with Crippen LogP contribution in [0.25, 0.3) is 10.2 Å². The van der Waals surface area contributed by atoms with Crippen molar-refractivity contribution in [3.63, 3.8) is 0 Å². The van der Waals surface area contributed by atoms with E-state index in [0.717, 1.165) is 11.2 Å². The number of thiazole rings is 1. The van der Waals surface area contributed by atoms with Crippen molar-refractivity contribution in [2.75, 3.05) is 25.2 Å². The average molecular weight is 528 g/mol. The number of carbonyl (C=O) groups is 1. The first-order valence-electron chi connectivity index (χ1n) is 9.82. The van der Waals surface area contributed by atoms with Crippen LogP contribution < -0.4 is 14.4 Å². The lowest BCUT2D eigenvalue weighted by Crippen LogP contribution is -2.36. The van der Waals surface area contributed by atoms with Crippen molar-refractivity contribution in [3.8, 4) is 11.5 Å². The summed E-state index contributed by atoms with van der Waals surface area (Å²) in [6.45, 7) is 1.05. The Balaban J connectivity index is 0.00000306. The summed E-state index contributed by atoms with van der Waals surface area (Å²) in [7, 11) is 1.58. The van der Waals surface area contributed by atoms with Crippen LogP contribution >= 0.6 is 46.9 Å². The lowest BCUT2D eigenvalue weighted by atomic mass is 10.3. The van der Waals surface area contributed by atoms with Crippen molar-refractivity contribution in [3.05, 3.63) is 65.2 Å². The lowest BCUT2D eigenvalue weighted by Gasteiger charge is -2.20. The minimum atomic E-state index is -0.209. The zero-order valence-corrected chi connectivity index (χ0v) is 20.8. The maximum atomic E-state index is 13.2. The van der Waals surface area contributed by atoms with Gasteiger partial charge in [0.2, 0.25) is 0 Å². The van der Waals surface area contributed by atoms with Crippen LogP contribution in [0.1, 0.15) is 6.42 Å². The number of aromatic nitrogens is 3. The van der Waals surface area contributed by atoms with Crippen LogP contribution in [-0.2, 0) is 11.3 Å². The molecule has 0 bridgehead atoms. The molecule has 0 aliphatic carbocycles. The Kier molecular flexibility index (Phi) is 8.80. The van der Waals surface area contributed by atoms with Crippen molar-refractivity contribution < 1.29 is 14.3 Å². The summed E-state index contributed by atoms with van der Waals surface area (Å²) < 4.78 is 13.8. The number of fused-ring (bicyclic) bond motifs is 1. The number of aryl methyl sites for hydroxylation is 1. The van der Waals surface area contributed by atoms with Crippen LogP contribution in [0.3, 0.4) is 0 Å². The van der Waals surface area contributed by atoms with Gasteiger partial charge in [-0.25, -0.2) is 9.97 Å². The number of amides is 1. The third-order valence-electron chi connectivity index (χ3n) is 4.73. The average Bonchev–Trinajstić information content (AvgIpc) is 3.47. The number of anilines is 1. The van der Waals surface area contributed by atoms with Crippen molar-refractivity contribution in [2.24, 2.45) is 0 Å². The van der Waals surface area contributed by atoms with E-state index >= 15 is 0 Å². The van der Waals surface area contributed by atoms with Crippen LogP contribution in [-0.4, -0.2) is 40.7 Å². The van der Waals surface area contributed by atoms with E-state index < -0.39 is 0 Å². The predicted molar refractivity (Wildman–Crippen MR) is 135 cm³/mol. The fraction of sp³-hybridized carbons (Fsp3) is 0.227. The van der Waals surface area contributed by atoms with Gasteiger partial charge >= 0.3 is 0 Å². The first-order chi connectivity index (χ1) is 15.5. The number of hydrogen-bond donors (Lipinski definition) is 0. The number of nitrogens with zero attached hydrogens (tertiary/aromatic N) is 4. The molecule has 2 aromatic carbocycles. The Morgan fingerprint density at radius 3 is 2.67 bits per heavy atom. The molecule has 7 nitrogen and oxygen atoms in total. The van der Waals surface area contributed by atoms with Gasteiger partial charge in [-0.1, -0.05) is 34.5 Å². The first-order valence-corrected chi connectivity index (χ1v) is 11.4. The summed E-state index contributed by atoms with van der Waals surface area (Å²) in [5.41, 5.74) is 0.631. The Bertz CT molecular complexity index is 1200. The molecule has 0 N–H and O–H groups in total. The van der Waals surface area contributed by atoms with Crippen molar-refractivity contribution in [1.82, 2.24) is 14.5 Å². The maximum Gasteiger partial charge on any atom is 0.266 e. The molecule has 0 atom stereocenters. The number of rotatable bonds is 9. The number of methoxy groups -OCH3 is 1. The fourth-order valence-electron chi connectivity index (χ4n) is 3.13. The number of hydrogen-bond acceptors (Lipinski definition) is 6. The van der Waals surface area contributed by atoms with Crippen LogP contribution in [0.15, 0.2) is 55.1 Å². The van der Waals surface area contributed by atoms with Crippen LogP contribution in [0.2, 0.25) is 10.0 Å². The summed E-state index contributed by atoms with van der Waals surface area (Å²) >= 11 is 13.6. The summed E-state index contributed by atoms with van der Waals surface area (Å²) in [5.74, 6) is 0.963. The summed E-state index contributed by atoms with van der Waals surface area (Å²) in [6.07, 6.45) is 6.07. The standard InChI is InChI=1S/C22H20Cl2N4O3S.ClH/c1-30-18-8-7-17(24)21-20(18)26-22(32-21)28(11-2-10-27-12-9-25-14-27)19(29)13-31-16-5-3-15(23)4-6-16;/h3-9,12,14H,2,10-11,13H2,1H3;1H. The molecule has 0 saturated heterocycles. The Morgan fingerprint density at radius 1 is 1.18 bits per heavy atom. The molecule has 11 heteroatoms. The van der Waals surface area contributed by atoms with Gasteiger partial charge in [-0.15, -0.1) is 12.4 Å². The van der Waals surface area contributed by atoms with E-state index in [2.05, 4.69) is 9.97 Å². The fourth-order valence-corrected chi connectivity index (χ4v) is 4.56. The van der Waals surface area contributed by atoms with E-state index in [0.29, 0.717) is 45.2 Å². The summed E-state index contributed by atoms with van der Waals surface area (Å²) in [4.78, 5) is 23.5. The van der Waals surface area contributed by atoms with E-state index in [1.165, 1.54) is 11.3 Å². The van der Waals surface area contributed by atoms with Crippen LogP contribution in [0.5, 0.6) is 11.5 Å². The Hall–Kier alpha value is -2.52. The highest BCUT2D eigenvalue weighted by Gasteiger charge is 2.22. The molecule has 0 unspecified atom stereocenters. The number of imidazole rings is 1. The van der Waals surface area contributed by atoms with Gasteiger partial charge in [0, 0.05) is 30.5 Å². The van der Waals surface area contributed by atoms with Gasteiger partial charge in [-0.3, -0.25) is 9.69 Å². The highest BCUT2D eigenvalue weighted by molar-refractivity contribution is 7.23. The number of halogens is 3. The van der Waals surface area contributed by atoms with Crippen LogP contribution in [0.4, 0.5) is 5.13 Å². The predicted octanol–water partition coefficient (Wildman–Crippen LogP) is 5.73. The smallest absolute Gasteiger partial charge is 0.266 e. The molecule has 0 saturated carbocycles. The molecule has 1 amide bonds. The highest BCUT2D eigenvalue weighted by atomic mass is 35.5. The van der Waals surface area contributed by atoms with Crippen LogP contribution in [0, 0.1) is 0 Å². The van der Waals surface area contributed by atoms with E-state index in [-0.39, 0.29) is 24.9 Å². The molecule has 4 aromatic rings. The quantitative estimate of drug-likeness (QED) is 0.278. The van der Waals surface area contributed by atoms with Gasteiger partial charge in [-0.2, -0.15) is 0 Å².